The third-order valence-electron chi connectivity index (χ3n) is 3.43. The van der Waals surface area contributed by atoms with Crippen LogP contribution in [0.15, 0.2) is 34.1 Å². The largest absolute Gasteiger partial charge is 0.373 e. The molecule has 0 saturated heterocycles. The van der Waals surface area contributed by atoms with E-state index in [9.17, 15) is 13.2 Å². The van der Waals surface area contributed by atoms with E-state index in [4.69, 9.17) is 9.59 Å². The van der Waals surface area contributed by atoms with Gasteiger partial charge in [-0.1, -0.05) is 23.8 Å². The molecular formula is C15H14N2O5S2. The molecule has 0 aliphatic carbocycles. The average molecular weight is 366 g/mol. The summed E-state index contributed by atoms with van der Waals surface area (Å²) in [6.45, 7) is 2.95. The molecular weight excluding hydrogens is 352 g/mol. The Morgan fingerprint density at radius 1 is 1.29 bits per heavy atom. The summed E-state index contributed by atoms with van der Waals surface area (Å²) in [5.74, 6) is -0.896. The minimum absolute atomic E-state index is 0.00315. The van der Waals surface area contributed by atoms with Crippen LogP contribution in [0.4, 0.5) is 0 Å². The number of fused-ring (bicyclic) bond motifs is 1. The van der Waals surface area contributed by atoms with E-state index in [1.54, 1.807) is 10.3 Å². The van der Waals surface area contributed by atoms with Gasteiger partial charge in [-0.25, -0.2) is 13.4 Å². The summed E-state index contributed by atoms with van der Waals surface area (Å²) in [6, 6.07) is 6.03. The molecule has 0 atom stereocenters. The standard InChI is InChI=1S/C14H14N2O3S2.CO2/c1-10-2-3-11-7-16(8-12(11)6-10)13(17)9-21(18,19)14-15-4-5-20-14;2-1-3/h2-6H,7-9H2,1H3;. The maximum atomic E-state index is 12.2. The number of carbonyl (C=O) groups is 1. The smallest absolute Gasteiger partial charge is 0.333 e. The quantitative estimate of drug-likeness (QED) is 0.808. The SMILES string of the molecule is Cc1ccc2c(c1)CN(C(=O)CS(=O)(=O)c1nccs1)C2.O=C=O. The van der Waals surface area contributed by atoms with Gasteiger partial charge in [0.15, 0.2) is 0 Å². The molecule has 7 nitrogen and oxygen atoms in total. The maximum Gasteiger partial charge on any atom is 0.373 e. The molecule has 0 saturated carbocycles. The Bertz CT molecular complexity index is 869. The molecule has 0 unspecified atom stereocenters. The maximum absolute atomic E-state index is 12.2. The van der Waals surface area contributed by atoms with Gasteiger partial charge >= 0.3 is 6.15 Å². The molecule has 126 valence electrons. The van der Waals surface area contributed by atoms with Crippen molar-refractivity contribution >= 4 is 33.2 Å². The van der Waals surface area contributed by atoms with Gasteiger partial charge < -0.3 is 4.90 Å². The molecule has 0 fully saturated rings. The van der Waals surface area contributed by atoms with Gasteiger partial charge in [0.2, 0.25) is 20.1 Å². The first-order valence-corrected chi connectivity index (χ1v) is 9.38. The van der Waals surface area contributed by atoms with Gasteiger partial charge in [-0.3, -0.25) is 4.79 Å². The Hall–Kier alpha value is -2.35. The van der Waals surface area contributed by atoms with E-state index in [2.05, 4.69) is 4.98 Å². The summed E-state index contributed by atoms with van der Waals surface area (Å²) in [6.07, 6.45) is 1.68. The first kappa shape index (κ1) is 18.0. The first-order chi connectivity index (χ1) is 11.4. The monoisotopic (exact) mass is 366 g/mol. The molecule has 1 aliphatic rings. The predicted octanol–water partition coefficient (Wildman–Crippen LogP) is 1.18. The van der Waals surface area contributed by atoms with Gasteiger partial charge in [-0.2, -0.15) is 9.59 Å². The van der Waals surface area contributed by atoms with Crippen molar-refractivity contribution in [3.8, 4) is 0 Å². The number of benzene rings is 1. The van der Waals surface area contributed by atoms with Crippen molar-refractivity contribution in [3.63, 3.8) is 0 Å². The molecule has 24 heavy (non-hydrogen) atoms. The van der Waals surface area contributed by atoms with Crippen molar-refractivity contribution in [2.75, 3.05) is 5.75 Å². The molecule has 0 radical (unpaired) electrons. The zero-order chi connectivity index (χ0) is 17.7. The number of hydrogen-bond acceptors (Lipinski definition) is 7. The Morgan fingerprint density at radius 2 is 1.96 bits per heavy atom. The molecule has 2 heterocycles. The third-order valence-corrected chi connectivity index (χ3v) is 6.31. The average Bonchev–Trinajstić information content (AvgIpc) is 3.17. The number of aryl methyl sites for hydroxylation is 1. The molecule has 9 heteroatoms. The van der Waals surface area contributed by atoms with Gasteiger partial charge in [0.05, 0.1) is 0 Å². The number of amides is 1. The lowest BCUT2D eigenvalue weighted by atomic mass is 10.1. The van der Waals surface area contributed by atoms with Crippen LogP contribution in [0.5, 0.6) is 0 Å². The van der Waals surface area contributed by atoms with Crippen LogP contribution in [-0.4, -0.2) is 36.1 Å². The van der Waals surface area contributed by atoms with Gasteiger partial charge in [0.1, 0.15) is 5.75 Å². The van der Waals surface area contributed by atoms with Crippen molar-refractivity contribution in [2.45, 2.75) is 24.4 Å². The highest BCUT2D eigenvalue weighted by Gasteiger charge is 2.29. The van der Waals surface area contributed by atoms with E-state index in [-0.39, 0.29) is 16.4 Å². The predicted molar refractivity (Wildman–Crippen MR) is 84.6 cm³/mol. The van der Waals surface area contributed by atoms with Crippen molar-refractivity contribution < 1.29 is 22.8 Å². The fraction of sp³-hybridized carbons (Fsp3) is 0.267. The lowest BCUT2D eigenvalue weighted by Crippen LogP contribution is -2.31. The molecule has 0 N–H and O–H groups in total. The summed E-state index contributed by atoms with van der Waals surface area (Å²) >= 11 is 1.03. The lowest BCUT2D eigenvalue weighted by molar-refractivity contribution is -0.191. The summed E-state index contributed by atoms with van der Waals surface area (Å²) in [5.41, 5.74) is 3.31. The second kappa shape index (κ2) is 7.48. The molecule has 1 aromatic carbocycles. The summed E-state index contributed by atoms with van der Waals surface area (Å²) in [5, 5.41) is 1.59. The number of thiazole rings is 1. The minimum atomic E-state index is -3.63. The highest BCUT2D eigenvalue weighted by atomic mass is 32.2. The molecule has 0 spiro atoms. The van der Waals surface area contributed by atoms with Crippen LogP contribution in [-0.2, 0) is 37.3 Å². The van der Waals surface area contributed by atoms with Gasteiger partial charge in [0, 0.05) is 24.7 Å². The van der Waals surface area contributed by atoms with Crippen LogP contribution in [0.2, 0.25) is 0 Å². The van der Waals surface area contributed by atoms with Crippen molar-refractivity contribution in [1.82, 2.24) is 9.88 Å². The van der Waals surface area contributed by atoms with Crippen LogP contribution in [0.25, 0.3) is 0 Å². The molecule has 1 aliphatic heterocycles. The van der Waals surface area contributed by atoms with Gasteiger partial charge in [-0.05, 0) is 18.1 Å². The van der Waals surface area contributed by atoms with E-state index < -0.39 is 15.6 Å². The number of nitrogens with zero attached hydrogens (tertiary/aromatic N) is 2. The fourth-order valence-electron chi connectivity index (χ4n) is 2.38. The minimum Gasteiger partial charge on any atom is -0.333 e. The normalized spacial score (nSPS) is 12.8. The van der Waals surface area contributed by atoms with E-state index in [0.717, 1.165) is 28.0 Å². The van der Waals surface area contributed by atoms with E-state index in [1.165, 1.54) is 6.20 Å². The second-order valence-corrected chi connectivity index (χ2v) is 8.22. The van der Waals surface area contributed by atoms with Gasteiger partial charge in [-0.15, -0.1) is 11.3 Å². The Balaban J connectivity index is 0.000000647. The van der Waals surface area contributed by atoms with Crippen LogP contribution in [0.1, 0.15) is 16.7 Å². The molecule has 0 bridgehead atoms. The zero-order valence-electron chi connectivity index (χ0n) is 12.8. The van der Waals surface area contributed by atoms with Crippen LogP contribution in [0.3, 0.4) is 0 Å². The van der Waals surface area contributed by atoms with Crippen LogP contribution < -0.4 is 0 Å². The summed E-state index contributed by atoms with van der Waals surface area (Å²) in [7, 11) is -3.63. The molecule has 1 aromatic heterocycles. The second-order valence-electron chi connectivity index (χ2n) is 5.16. The third kappa shape index (κ3) is 4.14. The van der Waals surface area contributed by atoms with E-state index in [1.807, 2.05) is 25.1 Å². The molecule has 3 rings (SSSR count). The van der Waals surface area contributed by atoms with Gasteiger partial charge in [0.25, 0.3) is 0 Å². The fourth-order valence-corrected chi connectivity index (χ4v) is 4.52. The number of hydrogen-bond donors (Lipinski definition) is 0. The Kier molecular flexibility index (Phi) is 5.61. The van der Waals surface area contributed by atoms with Crippen molar-refractivity contribution in [3.05, 3.63) is 46.5 Å². The number of carbonyl (C=O) groups excluding carboxylic acids is 3. The topological polar surface area (TPSA) is 101 Å². The number of aromatic nitrogens is 1. The van der Waals surface area contributed by atoms with Crippen LogP contribution in [0, 0.1) is 6.92 Å². The summed E-state index contributed by atoms with van der Waals surface area (Å²) in [4.78, 5) is 33.8. The van der Waals surface area contributed by atoms with Crippen LogP contribution >= 0.6 is 11.3 Å². The first-order valence-electron chi connectivity index (χ1n) is 6.85. The highest BCUT2D eigenvalue weighted by Crippen LogP contribution is 2.24. The lowest BCUT2D eigenvalue weighted by Gasteiger charge is -2.14. The van der Waals surface area contributed by atoms with E-state index in [0.29, 0.717) is 13.1 Å². The Morgan fingerprint density at radius 3 is 2.58 bits per heavy atom. The van der Waals surface area contributed by atoms with Crippen molar-refractivity contribution in [1.29, 1.82) is 0 Å². The highest BCUT2D eigenvalue weighted by molar-refractivity contribution is 7.93. The molecule has 1 amide bonds. The molecule has 2 aromatic rings. The van der Waals surface area contributed by atoms with E-state index >= 15 is 0 Å². The van der Waals surface area contributed by atoms with Crippen molar-refractivity contribution in [2.24, 2.45) is 0 Å². The number of sulfone groups is 1. The number of rotatable bonds is 3. The Labute approximate surface area is 142 Å². The zero-order valence-corrected chi connectivity index (χ0v) is 14.4. The summed E-state index contributed by atoms with van der Waals surface area (Å²) < 4.78 is 24.2.